The van der Waals surface area contributed by atoms with Gasteiger partial charge in [0, 0.05) is 56.2 Å². The zero-order valence-corrected chi connectivity index (χ0v) is 19.4. The van der Waals surface area contributed by atoms with Gasteiger partial charge < -0.3 is 19.1 Å². The molecule has 3 aromatic rings. The maximum atomic E-state index is 13.3. The predicted molar refractivity (Wildman–Crippen MR) is 124 cm³/mol. The van der Waals surface area contributed by atoms with Crippen molar-refractivity contribution in [2.75, 3.05) is 39.4 Å². The molecule has 0 aliphatic carbocycles. The Hall–Kier alpha value is -3.26. The molecule has 0 N–H and O–H groups in total. The molecule has 5 rings (SSSR count). The van der Waals surface area contributed by atoms with E-state index in [9.17, 15) is 9.59 Å². The standard InChI is InChI=1S/C25H29N5O3/c1-16-4-5-21-19(12-16)13-22(28(21)3)25(32)30-7-6-18(15-30)23-26-14-20(17(2)27-23)24(31)29-8-10-33-11-9-29/h4-5,12-14,18H,6-11,15H2,1-3H3/t18-/m0/s1. The molecule has 1 atom stereocenters. The van der Waals surface area contributed by atoms with E-state index in [1.807, 2.05) is 29.5 Å². The molecule has 8 heteroatoms. The Balaban J connectivity index is 1.31. The largest absolute Gasteiger partial charge is 0.378 e. The molecule has 0 saturated carbocycles. The Labute approximate surface area is 193 Å². The lowest BCUT2D eigenvalue weighted by molar-refractivity contribution is 0.0301. The van der Waals surface area contributed by atoms with Crippen molar-refractivity contribution in [2.45, 2.75) is 26.2 Å². The number of carbonyl (C=O) groups excluding carboxylic acids is 2. The summed E-state index contributed by atoms with van der Waals surface area (Å²) in [6, 6.07) is 8.21. The Kier molecular flexibility index (Phi) is 5.62. The van der Waals surface area contributed by atoms with E-state index >= 15 is 0 Å². The Morgan fingerprint density at radius 2 is 1.82 bits per heavy atom. The number of hydrogen-bond acceptors (Lipinski definition) is 5. The molecule has 2 saturated heterocycles. The van der Waals surface area contributed by atoms with E-state index in [2.05, 4.69) is 35.1 Å². The lowest BCUT2D eigenvalue weighted by Gasteiger charge is -2.27. The number of amides is 2. The van der Waals surface area contributed by atoms with Crippen molar-refractivity contribution < 1.29 is 14.3 Å². The third-order valence-corrected chi connectivity index (χ3v) is 6.78. The minimum absolute atomic E-state index is 0.0321. The highest BCUT2D eigenvalue weighted by Crippen LogP contribution is 2.28. The van der Waals surface area contributed by atoms with Gasteiger partial charge >= 0.3 is 0 Å². The second-order valence-electron chi connectivity index (χ2n) is 9.02. The Bertz CT molecular complexity index is 1230. The van der Waals surface area contributed by atoms with E-state index in [1.165, 1.54) is 5.56 Å². The number of aryl methyl sites for hydroxylation is 3. The van der Waals surface area contributed by atoms with Crippen LogP contribution in [0.2, 0.25) is 0 Å². The van der Waals surface area contributed by atoms with Crippen molar-refractivity contribution in [1.29, 1.82) is 0 Å². The second-order valence-corrected chi connectivity index (χ2v) is 9.02. The normalized spacial score (nSPS) is 18.8. The van der Waals surface area contributed by atoms with Gasteiger partial charge in [0.2, 0.25) is 0 Å². The van der Waals surface area contributed by atoms with Crippen LogP contribution in [0, 0.1) is 13.8 Å². The summed E-state index contributed by atoms with van der Waals surface area (Å²) >= 11 is 0. The van der Waals surface area contributed by atoms with E-state index in [0.29, 0.717) is 62.2 Å². The van der Waals surface area contributed by atoms with Crippen LogP contribution in [-0.2, 0) is 11.8 Å². The summed E-state index contributed by atoms with van der Waals surface area (Å²) in [4.78, 5) is 39.0. The average molecular weight is 448 g/mol. The summed E-state index contributed by atoms with van der Waals surface area (Å²) in [6.07, 6.45) is 2.46. The first kappa shape index (κ1) is 21.6. The first-order valence-corrected chi connectivity index (χ1v) is 11.5. The molecule has 0 bridgehead atoms. The lowest BCUT2D eigenvalue weighted by atomic mass is 10.1. The molecule has 2 aliphatic heterocycles. The number of ether oxygens (including phenoxy) is 1. The van der Waals surface area contributed by atoms with Crippen LogP contribution < -0.4 is 0 Å². The monoisotopic (exact) mass is 447 g/mol. The molecule has 2 fully saturated rings. The molecule has 0 unspecified atom stereocenters. The molecule has 8 nitrogen and oxygen atoms in total. The Morgan fingerprint density at radius 3 is 2.58 bits per heavy atom. The first-order valence-electron chi connectivity index (χ1n) is 11.5. The van der Waals surface area contributed by atoms with Gasteiger partial charge in [0.05, 0.1) is 24.5 Å². The van der Waals surface area contributed by atoms with Crippen LogP contribution in [0.5, 0.6) is 0 Å². The minimum atomic E-state index is -0.0448. The topological polar surface area (TPSA) is 80.6 Å². The molecule has 1 aromatic carbocycles. The fourth-order valence-electron chi connectivity index (χ4n) is 4.82. The van der Waals surface area contributed by atoms with E-state index in [-0.39, 0.29) is 17.7 Å². The van der Waals surface area contributed by atoms with Crippen LogP contribution in [0.25, 0.3) is 10.9 Å². The molecule has 2 aromatic heterocycles. The maximum absolute atomic E-state index is 13.3. The van der Waals surface area contributed by atoms with Gasteiger partial charge in [-0.3, -0.25) is 9.59 Å². The summed E-state index contributed by atoms with van der Waals surface area (Å²) in [5.74, 6) is 0.757. The third-order valence-electron chi connectivity index (χ3n) is 6.78. The second kappa shape index (κ2) is 8.59. The SMILES string of the molecule is Cc1ccc2c(c1)cc(C(=O)N1CC[C@H](c3ncc(C(=O)N4CCOCC4)c(C)n3)C1)n2C. The molecule has 2 amide bonds. The van der Waals surface area contributed by atoms with Gasteiger partial charge in [0.1, 0.15) is 11.5 Å². The molecule has 33 heavy (non-hydrogen) atoms. The molecule has 0 radical (unpaired) electrons. The minimum Gasteiger partial charge on any atom is -0.378 e. The van der Waals surface area contributed by atoms with Crippen LogP contribution in [0.1, 0.15) is 50.3 Å². The van der Waals surface area contributed by atoms with E-state index < -0.39 is 0 Å². The molecule has 2 aliphatic rings. The summed E-state index contributed by atoms with van der Waals surface area (Å²) < 4.78 is 7.30. The van der Waals surface area contributed by atoms with Crippen molar-refractivity contribution in [3.8, 4) is 0 Å². The maximum Gasteiger partial charge on any atom is 0.270 e. The third kappa shape index (κ3) is 3.99. The van der Waals surface area contributed by atoms with Crippen molar-refractivity contribution in [1.82, 2.24) is 24.3 Å². The zero-order valence-electron chi connectivity index (χ0n) is 19.4. The molecule has 4 heterocycles. The van der Waals surface area contributed by atoms with Crippen LogP contribution in [-0.4, -0.2) is 75.5 Å². The van der Waals surface area contributed by atoms with E-state index in [0.717, 1.165) is 17.3 Å². The molecule has 0 spiro atoms. The number of morpholine rings is 1. The van der Waals surface area contributed by atoms with Crippen LogP contribution in [0.3, 0.4) is 0 Å². The molecular formula is C25H29N5O3. The number of benzene rings is 1. The number of hydrogen-bond donors (Lipinski definition) is 0. The zero-order chi connectivity index (χ0) is 23.1. The van der Waals surface area contributed by atoms with Crippen molar-refractivity contribution in [3.05, 3.63) is 58.8 Å². The number of likely N-dealkylation sites (tertiary alicyclic amines) is 1. The van der Waals surface area contributed by atoms with Gasteiger partial charge in [-0.25, -0.2) is 9.97 Å². The van der Waals surface area contributed by atoms with Gasteiger partial charge in [-0.2, -0.15) is 0 Å². The number of nitrogens with zero attached hydrogens (tertiary/aromatic N) is 5. The lowest BCUT2D eigenvalue weighted by Crippen LogP contribution is -2.41. The van der Waals surface area contributed by atoms with Crippen molar-refractivity contribution in [3.63, 3.8) is 0 Å². The number of aromatic nitrogens is 3. The van der Waals surface area contributed by atoms with E-state index in [4.69, 9.17) is 4.74 Å². The fraction of sp³-hybridized carbons (Fsp3) is 0.440. The number of carbonyl (C=O) groups is 2. The molecule has 172 valence electrons. The Morgan fingerprint density at radius 1 is 1.03 bits per heavy atom. The van der Waals surface area contributed by atoms with Gasteiger partial charge in [-0.15, -0.1) is 0 Å². The fourth-order valence-corrected chi connectivity index (χ4v) is 4.82. The van der Waals surface area contributed by atoms with Crippen molar-refractivity contribution >= 4 is 22.7 Å². The highest BCUT2D eigenvalue weighted by atomic mass is 16.5. The van der Waals surface area contributed by atoms with Gasteiger partial charge in [-0.1, -0.05) is 11.6 Å². The summed E-state index contributed by atoms with van der Waals surface area (Å²) in [5, 5.41) is 1.08. The van der Waals surface area contributed by atoms with Gasteiger partial charge in [0.15, 0.2) is 0 Å². The average Bonchev–Trinajstić information content (AvgIpc) is 3.44. The predicted octanol–water partition coefficient (Wildman–Crippen LogP) is 2.69. The highest BCUT2D eigenvalue weighted by molar-refractivity contribution is 5.99. The van der Waals surface area contributed by atoms with Crippen LogP contribution >= 0.6 is 0 Å². The van der Waals surface area contributed by atoms with Gasteiger partial charge in [-0.05, 0) is 38.5 Å². The summed E-state index contributed by atoms with van der Waals surface area (Å²) in [5.41, 5.74) is 4.15. The molecular weight excluding hydrogens is 418 g/mol. The summed E-state index contributed by atoms with van der Waals surface area (Å²) in [7, 11) is 1.94. The quantitative estimate of drug-likeness (QED) is 0.617. The van der Waals surface area contributed by atoms with E-state index in [1.54, 1.807) is 11.1 Å². The first-order chi connectivity index (χ1) is 15.9. The number of rotatable bonds is 3. The van der Waals surface area contributed by atoms with Crippen molar-refractivity contribution in [2.24, 2.45) is 7.05 Å². The smallest absolute Gasteiger partial charge is 0.270 e. The highest BCUT2D eigenvalue weighted by Gasteiger charge is 2.32. The van der Waals surface area contributed by atoms with Crippen LogP contribution in [0.15, 0.2) is 30.5 Å². The number of fused-ring (bicyclic) bond motifs is 1. The van der Waals surface area contributed by atoms with Crippen LogP contribution in [0.4, 0.5) is 0 Å². The van der Waals surface area contributed by atoms with Gasteiger partial charge in [0.25, 0.3) is 11.8 Å². The summed E-state index contributed by atoms with van der Waals surface area (Å²) in [6.45, 7) is 7.46.